The lowest BCUT2D eigenvalue weighted by molar-refractivity contribution is 0.0468. The fourth-order valence-electron chi connectivity index (χ4n) is 2.30. The molecule has 0 aliphatic heterocycles. The predicted octanol–water partition coefficient (Wildman–Crippen LogP) is 5.83. The van der Waals surface area contributed by atoms with Gasteiger partial charge in [0.15, 0.2) is 0 Å². The molecule has 3 aromatic rings. The van der Waals surface area contributed by atoms with Crippen molar-refractivity contribution in [2.45, 2.75) is 16.4 Å². The average molecular weight is 424 g/mol. The van der Waals surface area contributed by atoms with Gasteiger partial charge in [0.05, 0.1) is 11.1 Å². The second-order valence-corrected chi connectivity index (χ2v) is 7.41. The Kier molecular flexibility index (Phi) is 6.11. The summed E-state index contributed by atoms with van der Waals surface area (Å²) in [4.78, 5) is 14.1. The molecular formula is C21H14BrNO2S. The zero-order chi connectivity index (χ0) is 18.4. The summed E-state index contributed by atoms with van der Waals surface area (Å²) in [7, 11) is 0. The minimum absolute atomic E-state index is 0.208. The van der Waals surface area contributed by atoms with Gasteiger partial charge >= 0.3 is 5.97 Å². The molecule has 3 nitrogen and oxygen atoms in total. The number of rotatable bonds is 5. The summed E-state index contributed by atoms with van der Waals surface area (Å²) < 4.78 is 6.43. The van der Waals surface area contributed by atoms with Crippen molar-refractivity contribution in [2.75, 3.05) is 0 Å². The van der Waals surface area contributed by atoms with E-state index in [-0.39, 0.29) is 12.6 Å². The first-order valence-electron chi connectivity index (χ1n) is 7.85. The molecule has 0 aliphatic carbocycles. The summed E-state index contributed by atoms with van der Waals surface area (Å²) in [5, 5.41) is 9.25. The predicted molar refractivity (Wildman–Crippen MR) is 105 cm³/mol. The molecule has 0 fully saturated rings. The number of esters is 1. The van der Waals surface area contributed by atoms with Crippen molar-refractivity contribution < 1.29 is 9.53 Å². The van der Waals surface area contributed by atoms with Gasteiger partial charge in [0, 0.05) is 14.3 Å². The molecule has 0 saturated heterocycles. The molecule has 0 N–H and O–H groups in total. The van der Waals surface area contributed by atoms with Crippen LogP contribution in [-0.4, -0.2) is 5.97 Å². The van der Waals surface area contributed by atoms with E-state index in [0.717, 1.165) is 19.8 Å². The maximum Gasteiger partial charge on any atom is 0.339 e. The third-order valence-corrected chi connectivity index (χ3v) is 5.30. The average Bonchev–Trinajstić information content (AvgIpc) is 2.68. The molecule has 3 rings (SSSR count). The Morgan fingerprint density at radius 2 is 1.62 bits per heavy atom. The largest absolute Gasteiger partial charge is 0.457 e. The molecule has 128 valence electrons. The lowest BCUT2D eigenvalue weighted by Gasteiger charge is -2.10. The second-order valence-electron chi connectivity index (χ2n) is 5.41. The molecule has 0 spiro atoms. The zero-order valence-corrected chi connectivity index (χ0v) is 16.1. The fraction of sp³-hybridized carbons (Fsp3) is 0.0476. The van der Waals surface area contributed by atoms with Crippen LogP contribution in [0.2, 0.25) is 0 Å². The number of carbonyl (C=O) groups is 1. The molecule has 0 radical (unpaired) electrons. The highest BCUT2D eigenvalue weighted by Crippen LogP contribution is 2.33. The van der Waals surface area contributed by atoms with E-state index in [2.05, 4.69) is 22.0 Å². The first-order valence-corrected chi connectivity index (χ1v) is 9.46. The smallest absolute Gasteiger partial charge is 0.339 e. The number of ether oxygens (including phenoxy) is 1. The fourth-order valence-corrected chi connectivity index (χ4v) is 3.58. The van der Waals surface area contributed by atoms with Crippen molar-refractivity contribution in [3.63, 3.8) is 0 Å². The van der Waals surface area contributed by atoms with Crippen LogP contribution in [0.25, 0.3) is 0 Å². The number of carbonyl (C=O) groups excluding carboxylic acids is 1. The van der Waals surface area contributed by atoms with Crippen LogP contribution in [0.1, 0.15) is 21.5 Å². The van der Waals surface area contributed by atoms with Gasteiger partial charge in [0.1, 0.15) is 12.7 Å². The van der Waals surface area contributed by atoms with Crippen molar-refractivity contribution >= 4 is 33.7 Å². The van der Waals surface area contributed by atoms with Crippen LogP contribution in [0.3, 0.4) is 0 Å². The number of hydrogen-bond acceptors (Lipinski definition) is 4. The van der Waals surface area contributed by atoms with Gasteiger partial charge in [0.25, 0.3) is 0 Å². The van der Waals surface area contributed by atoms with Crippen LogP contribution in [-0.2, 0) is 11.3 Å². The monoisotopic (exact) mass is 423 g/mol. The van der Waals surface area contributed by atoms with Gasteiger partial charge in [0.2, 0.25) is 0 Å². The van der Waals surface area contributed by atoms with E-state index in [9.17, 15) is 10.1 Å². The summed E-state index contributed by atoms with van der Waals surface area (Å²) in [6, 6.07) is 24.4. The highest BCUT2D eigenvalue weighted by atomic mass is 79.9. The minimum atomic E-state index is -0.384. The Labute approximate surface area is 164 Å². The van der Waals surface area contributed by atoms with E-state index in [0.29, 0.717) is 11.1 Å². The molecule has 0 bridgehead atoms. The molecule has 0 aliphatic rings. The maximum absolute atomic E-state index is 12.5. The Morgan fingerprint density at radius 1 is 0.962 bits per heavy atom. The molecule has 0 aromatic heterocycles. The van der Waals surface area contributed by atoms with Crippen LogP contribution in [0.15, 0.2) is 87.1 Å². The van der Waals surface area contributed by atoms with Gasteiger partial charge < -0.3 is 4.74 Å². The van der Waals surface area contributed by atoms with E-state index in [1.54, 1.807) is 18.2 Å². The van der Waals surface area contributed by atoms with E-state index in [4.69, 9.17) is 4.74 Å². The molecule has 5 heteroatoms. The minimum Gasteiger partial charge on any atom is -0.457 e. The summed E-state index contributed by atoms with van der Waals surface area (Å²) >= 11 is 4.77. The summed E-state index contributed by atoms with van der Waals surface area (Å²) in [6.07, 6.45) is 0. The van der Waals surface area contributed by atoms with E-state index < -0.39 is 0 Å². The lowest BCUT2D eigenvalue weighted by atomic mass is 10.2. The van der Waals surface area contributed by atoms with Crippen molar-refractivity contribution in [1.82, 2.24) is 0 Å². The number of halogens is 1. The quantitative estimate of drug-likeness (QED) is 0.484. The maximum atomic E-state index is 12.5. The van der Waals surface area contributed by atoms with Gasteiger partial charge in [-0.3, -0.25) is 0 Å². The molecule has 26 heavy (non-hydrogen) atoms. The van der Waals surface area contributed by atoms with Crippen molar-refractivity contribution in [3.8, 4) is 6.07 Å². The standard InChI is InChI=1S/C21H14BrNO2S/c22-17-11-9-15(10-12-17)14-25-21(24)18-6-2-4-8-20(18)26-19-7-3-1-5-16(19)13-23/h1-12H,14H2. The van der Waals surface area contributed by atoms with Gasteiger partial charge in [-0.15, -0.1) is 0 Å². The van der Waals surface area contributed by atoms with E-state index in [1.807, 2.05) is 54.6 Å². The second kappa shape index (κ2) is 8.70. The van der Waals surface area contributed by atoms with Crippen LogP contribution in [0.4, 0.5) is 0 Å². The Hall–Kier alpha value is -2.55. The lowest BCUT2D eigenvalue weighted by Crippen LogP contribution is -2.06. The van der Waals surface area contributed by atoms with Gasteiger partial charge in [-0.1, -0.05) is 64.1 Å². The van der Waals surface area contributed by atoms with E-state index in [1.165, 1.54) is 11.8 Å². The first kappa shape index (κ1) is 18.2. The Balaban J connectivity index is 1.77. The van der Waals surface area contributed by atoms with Crippen LogP contribution in [0, 0.1) is 11.3 Å². The molecule has 0 heterocycles. The highest BCUT2D eigenvalue weighted by Gasteiger charge is 2.15. The van der Waals surface area contributed by atoms with Gasteiger partial charge in [-0.25, -0.2) is 4.79 Å². The highest BCUT2D eigenvalue weighted by molar-refractivity contribution is 9.10. The van der Waals surface area contributed by atoms with Crippen LogP contribution in [0.5, 0.6) is 0 Å². The SMILES string of the molecule is N#Cc1ccccc1Sc1ccccc1C(=O)OCc1ccc(Br)cc1. The summed E-state index contributed by atoms with van der Waals surface area (Å²) in [5.41, 5.74) is 1.99. The van der Waals surface area contributed by atoms with Crippen LogP contribution < -0.4 is 0 Å². The summed E-state index contributed by atoms with van der Waals surface area (Å²) in [5.74, 6) is -0.384. The number of nitriles is 1. The number of hydrogen-bond donors (Lipinski definition) is 0. The molecule has 3 aromatic carbocycles. The molecular weight excluding hydrogens is 410 g/mol. The first-order chi connectivity index (χ1) is 12.7. The number of benzene rings is 3. The van der Waals surface area contributed by atoms with Crippen LogP contribution >= 0.6 is 27.7 Å². The third-order valence-electron chi connectivity index (χ3n) is 3.62. The zero-order valence-electron chi connectivity index (χ0n) is 13.7. The van der Waals surface area contributed by atoms with Crippen molar-refractivity contribution in [1.29, 1.82) is 5.26 Å². The van der Waals surface area contributed by atoms with Gasteiger partial charge in [-0.05, 0) is 42.0 Å². The molecule has 0 saturated carbocycles. The van der Waals surface area contributed by atoms with Crippen molar-refractivity contribution in [2.24, 2.45) is 0 Å². The number of nitrogens with zero attached hydrogens (tertiary/aromatic N) is 1. The molecule has 0 unspecified atom stereocenters. The Morgan fingerprint density at radius 3 is 2.35 bits per heavy atom. The topological polar surface area (TPSA) is 50.1 Å². The molecule has 0 amide bonds. The third kappa shape index (κ3) is 4.54. The van der Waals surface area contributed by atoms with E-state index >= 15 is 0 Å². The molecule has 0 atom stereocenters. The summed E-state index contributed by atoms with van der Waals surface area (Å²) in [6.45, 7) is 0.208. The van der Waals surface area contributed by atoms with Gasteiger partial charge in [-0.2, -0.15) is 5.26 Å². The van der Waals surface area contributed by atoms with Crippen molar-refractivity contribution in [3.05, 3.63) is 94.0 Å². The Bertz CT molecular complexity index is 964. The normalized spacial score (nSPS) is 10.2.